The summed E-state index contributed by atoms with van der Waals surface area (Å²) in [4.78, 5) is 12.4. The number of nitrogens with zero attached hydrogens (tertiary/aromatic N) is 1. The van der Waals surface area contributed by atoms with Crippen molar-refractivity contribution in [3.8, 4) is 0 Å². The molecule has 0 bridgehead atoms. The molecule has 126 valence electrons. The molecule has 1 N–H and O–H groups in total. The molecule has 0 fully saturated rings. The minimum Gasteiger partial charge on any atom is -0.463 e. The number of amides is 1. The quantitative estimate of drug-likeness (QED) is 0.705. The van der Waals surface area contributed by atoms with E-state index in [-0.39, 0.29) is 18.0 Å². The Morgan fingerprint density at radius 2 is 2.12 bits per heavy atom. The summed E-state index contributed by atoms with van der Waals surface area (Å²) in [6.45, 7) is 0.824. The van der Waals surface area contributed by atoms with Gasteiger partial charge in [0.15, 0.2) is 5.58 Å². The van der Waals surface area contributed by atoms with Gasteiger partial charge in [-0.1, -0.05) is 6.07 Å². The van der Waals surface area contributed by atoms with Crippen LogP contribution in [0.15, 0.2) is 41.0 Å². The standard InChI is InChI=1S/C17H16F2N2O3/c1-23-7-5-20-17(22)15-9-16-14(4-6-24-16)21(15)10-11-2-3-12(18)8-13(11)19/h2-4,6,8-9H,5,7,10H2,1H3,(H,20,22). The zero-order chi connectivity index (χ0) is 17.1. The SMILES string of the molecule is COCCNC(=O)c1cc2occc2n1Cc1ccc(F)cc1F. The van der Waals surface area contributed by atoms with Crippen molar-refractivity contribution in [2.24, 2.45) is 0 Å². The van der Waals surface area contributed by atoms with Gasteiger partial charge in [0.05, 0.1) is 24.9 Å². The average Bonchev–Trinajstić information content (AvgIpc) is 3.12. The van der Waals surface area contributed by atoms with Crippen LogP contribution in [0.4, 0.5) is 8.78 Å². The van der Waals surface area contributed by atoms with Crippen LogP contribution in [0.2, 0.25) is 0 Å². The number of hydrogen-bond acceptors (Lipinski definition) is 3. The number of nitrogens with one attached hydrogen (secondary N) is 1. The molecule has 0 aliphatic carbocycles. The van der Waals surface area contributed by atoms with Crippen molar-refractivity contribution in [3.63, 3.8) is 0 Å². The molecule has 0 radical (unpaired) electrons. The molecule has 1 amide bonds. The monoisotopic (exact) mass is 334 g/mol. The molecular weight excluding hydrogens is 318 g/mol. The molecule has 2 aromatic heterocycles. The lowest BCUT2D eigenvalue weighted by molar-refractivity contribution is 0.0928. The molecule has 0 unspecified atom stereocenters. The number of ether oxygens (including phenoxy) is 1. The topological polar surface area (TPSA) is 56.4 Å². The third-order valence-corrected chi connectivity index (χ3v) is 3.69. The predicted molar refractivity (Wildman–Crippen MR) is 83.9 cm³/mol. The molecule has 5 nitrogen and oxygen atoms in total. The third kappa shape index (κ3) is 3.16. The molecule has 24 heavy (non-hydrogen) atoms. The van der Waals surface area contributed by atoms with E-state index in [0.29, 0.717) is 29.9 Å². The molecule has 2 heterocycles. The van der Waals surface area contributed by atoms with Gasteiger partial charge in [0.25, 0.3) is 5.91 Å². The minimum absolute atomic E-state index is 0.0855. The normalized spacial score (nSPS) is 11.1. The number of halogens is 2. The van der Waals surface area contributed by atoms with Crippen molar-refractivity contribution in [1.29, 1.82) is 0 Å². The van der Waals surface area contributed by atoms with E-state index >= 15 is 0 Å². The van der Waals surface area contributed by atoms with Crippen LogP contribution in [0.1, 0.15) is 16.1 Å². The fourth-order valence-electron chi connectivity index (χ4n) is 2.51. The van der Waals surface area contributed by atoms with Gasteiger partial charge in [-0.15, -0.1) is 0 Å². The highest BCUT2D eigenvalue weighted by Crippen LogP contribution is 2.23. The molecular formula is C17H16F2N2O3. The maximum atomic E-state index is 14.0. The van der Waals surface area contributed by atoms with E-state index in [9.17, 15) is 13.6 Å². The Hall–Kier alpha value is -2.67. The molecule has 0 saturated carbocycles. The lowest BCUT2D eigenvalue weighted by atomic mass is 10.2. The summed E-state index contributed by atoms with van der Waals surface area (Å²) < 4.78 is 38.9. The largest absolute Gasteiger partial charge is 0.463 e. The number of fused-ring (bicyclic) bond motifs is 1. The number of rotatable bonds is 6. The molecule has 0 atom stereocenters. The minimum atomic E-state index is -0.661. The van der Waals surface area contributed by atoms with Crippen molar-refractivity contribution < 1.29 is 22.7 Å². The number of carbonyl (C=O) groups is 1. The number of carbonyl (C=O) groups excluding carboxylic acids is 1. The zero-order valence-corrected chi connectivity index (χ0v) is 13.0. The number of benzene rings is 1. The summed E-state index contributed by atoms with van der Waals surface area (Å²) in [6, 6.07) is 6.67. The highest BCUT2D eigenvalue weighted by molar-refractivity contribution is 5.97. The van der Waals surface area contributed by atoms with E-state index in [1.54, 1.807) is 23.8 Å². The Balaban J connectivity index is 1.94. The fourth-order valence-corrected chi connectivity index (χ4v) is 2.51. The number of hydrogen-bond donors (Lipinski definition) is 1. The van der Waals surface area contributed by atoms with Crippen molar-refractivity contribution >= 4 is 17.0 Å². The van der Waals surface area contributed by atoms with E-state index in [0.717, 1.165) is 6.07 Å². The average molecular weight is 334 g/mol. The first kappa shape index (κ1) is 16.2. The maximum absolute atomic E-state index is 14.0. The van der Waals surface area contributed by atoms with Gasteiger partial charge >= 0.3 is 0 Å². The Labute approximate surface area is 136 Å². The second-order valence-electron chi connectivity index (χ2n) is 5.27. The van der Waals surface area contributed by atoms with Gasteiger partial charge in [0, 0.05) is 37.4 Å². The molecule has 0 spiro atoms. The Morgan fingerprint density at radius 1 is 1.29 bits per heavy atom. The smallest absolute Gasteiger partial charge is 0.268 e. The molecule has 1 aromatic carbocycles. The van der Waals surface area contributed by atoms with Gasteiger partial charge in [0.1, 0.15) is 17.3 Å². The highest BCUT2D eigenvalue weighted by atomic mass is 19.1. The fraction of sp³-hybridized carbons (Fsp3) is 0.235. The second-order valence-corrected chi connectivity index (χ2v) is 5.27. The lowest BCUT2D eigenvalue weighted by Crippen LogP contribution is -2.29. The first-order valence-electron chi connectivity index (χ1n) is 7.38. The van der Waals surface area contributed by atoms with E-state index in [2.05, 4.69) is 5.32 Å². The van der Waals surface area contributed by atoms with Crippen molar-refractivity contribution in [1.82, 2.24) is 9.88 Å². The van der Waals surface area contributed by atoms with Gasteiger partial charge in [-0.05, 0) is 6.07 Å². The molecule has 7 heteroatoms. The summed E-state index contributed by atoms with van der Waals surface area (Å²) in [7, 11) is 1.54. The number of methoxy groups -OCH3 is 1. The zero-order valence-electron chi connectivity index (χ0n) is 13.0. The summed E-state index contributed by atoms with van der Waals surface area (Å²) >= 11 is 0. The van der Waals surface area contributed by atoms with Crippen LogP contribution in [-0.2, 0) is 11.3 Å². The van der Waals surface area contributed by atoms with E-state index < -0.39 is 11.6 Å². The molecule has 3 rings (SSSR count). The van der Waals surface area contributed by atoms with Crippen molar-refractivity contribution in [3.05, 3.63) is 59.5 Å². The van der Waals surface area contributed by atoms with Gasteiger partial charge in [0.2, 0.25) is 0 Å². The van der Waals surface area contributed by atoms with Gasteiger partial charge in [-0.2, -0.15) is 0 Å². The van der Waals surface area contributed by atoms with Gasteiger partial charge in [-0.3, -0.25) is 4.79 Å². The van der Waals surface area contributed by atoms with Crippen LogP contribution in [0, 0.1) is 11.6 Å². The predicted octanol–water partition coefficient (Wildman–Crippen LogP) is 2.94. The van der Waals surface area contributed by atoms with Gasteiger partial charge in [-0.25, -0.2) is 8.78 Å². The summed E-state index contributed by atoms with van der Waals surface area (Å²) in [5.41, 5.74) is 1.80. The summed E-state index contributed by atoms with van der Waals surface area (Å²) in [5.74, 6) is -1.62. The van der Waals surface area contributed by atoms with Crippen molar-refractivity contribution in [2.75, 3.05) is 20.3 Å². The van der Waals surface area contributed by atoms with E-state index in [1.165, 1.54) is 18.4 Å². The highest BCUT2D eigenvalue weighted by Gasteiger charge is 2.18. The first-order valence-corrected chi connectivity index (χ1v) is 7.38. The van der Waals surface area contributed by atoms with Gasteiger partial charge < -0.3 is 19.0 Å². The van der Waals surface area contributed by atoms with Crippen LogP contribution < -0.4 is 5.32 Å². The van der Waals surface area contributed by atoms with E-state index in [1.807, 2.05) is 0 Å². The maximum Gasteiger partial charge on any atom is 0.268 e. The number of aromatic nitrogens is 1. The molecule has 0 aliphatic heterocycles. The summed E-state index contributed by atoms with van der Waals surface area (Å²) in [5, 5.41) is 2.72. The van der Waals surface area contributed by atoms with Crippen molar-refractivity contribution in [2.45, 2.75) is 6.54 Å². The van der Waals surface area contributed by atoms with Crippen LogP contribution in [-0.4, -0.2) is 30.7 Å². The lowest BCUT2D eigenvalue weighted by Gasteiger charge is -2.11. The van der Waals surface area contributed by atoms with Crippen LogP contribution in [0.25, 0.3) is 11.1 Å². The Kier molecular flexibility index (Phi) is 4.61. The molecule has 0 aliphatic rings. The van der Waals surface area contributed by atoms with Crippen LogP contribution in [0.5, 0.6) is 0 Å². The third-order valence-electron chi connectivity index (χ3n) is 3.69. The Morgan fingerprint density at radius 3 is 2.88 bits per heavy atom. The molecule has 3 aromatic rings. The molecule has 0 saturated heterocycles. The first-order chi connectivity index (χ1) is 11.6. The summed E-state index contributed by atoms with van der Waals surface area (Å²) in [6.07, 6.45) is 1.49. The van der Waals surface area contributed by atoms with E-state index in [4.69, 9.17) is 9.15 Å². The number of furan rings is 1. The van der Waals surface area contributed by atoms with Crippen LogP contribution >= 0.6 is 0 Å². The second kappa shape index (κ2) is 6.84. The Bertz CT molecular complexity index is 870. The van der Waals surface area contributed by atoms with Crippen LogP contribution in [0.3, 0.4) is 0 Å².